The first-order valence-electron chi connectivity index (χ1n) is 5.31. The molecule has 3 heteroatoms. The van der Waals surface area contributed by atoms with Gasteiger partial charge in [0.25, 0.3) is 0 Å². The van der Waals surface area contributed by atoms with Crippen molar-refractivity contribution in [2.24, 2.45) is 0 Å². The van der Waals surface area contributed by atoms with Gasteiger partial charge in [0.15, 0.2) is 0 Å². The van der Waals surface area contributed by atoms with Gasteiger partial charge in [-0.05, 0) is 44.0 Å². The highest BCUT2D eigenvalue weighted by molar-refractivity contribution is 5.51. The average Bonchev–Trinajstić information content (AvgIpc) is 2.57. The van der Waals surface area contributed by atoms with Crippen LogP contribution in [-0.4, -0.2) is 18.8 Å². The molecule has 1 N–H and O–H groups in total. The minimum Gasteiger partial charge on any atom is -0.379 e. The van der Waals surface area contributed by atoms with Crippen molar-refractivity contribution in [2.75, 3.05) is 11.9 Å². The zero-order valence-corrected chi connectivity index (χ0v) is 9.09. The maximum Gasteiger partial charge on any atom is 0.123 e. The molecule has 0 amide bonds. The van der Waals surface area contributed by atoms with Crippen molar-refractivity contribution in [3.05, 3.63) is 29.6 Å². The molecule has 0 spiro atoms. The van der Waals surface area contributed by atoms with Gasteiger partial charge in [-0.15, -0.1) is 0 Å². The zero-order chi connectivity index (χ0) is 10.8. The number of anilines is 1. The fourth-order valence-electron chi connectivity index (χ4n) is 1.91. The van der Waals surface area contributed by atoms with Crippen LogP contribution in [0.2, 0.25) is 0 Å². The molecule has 2 unspecified atom stereocenters. The number of hydrogen-bond donors (Lipinski definition) is 1. The van der Waals surface area contributed by atoms with Crippen molar-refractivity contribution in [1.82, 2.24) is 0 Å². The summed E-state index contributed by atoms with van der Waals surface area (Å²) in [6.07, 6.45) is 1.24. The van der Waals surface area contributed by atoms with Gasteiger partial charge in [0.1, 0.15) is 5.82 Å². The van der Waals surface area contributed by atoms with Gasteiger partial charge < -0.3 is 10.1 Å². The molecular weight excluding hydrogens is 193 g/mol. The lowest BCUT2D eigenvalue weighted by molar-refractivity contribution is 0.121. The third-order valence-corrected chi connectivity index (χ3v) is 2.91. The van der Waals surface area contributed by atoms with Crippen LogP contribution in [0.15, 0.2) is 18.2 Å². The maximum atomic E-state index is 12.9. The first-order chi connectivity index (χ1) is 7.16. The highest BCUT2D eigenvalue weighted by atomic mass is 19.1. The molecule has 2 atom stereocenters. The molecule has 1 aromatic rings. The van der Waals surface area contributed by atoms with Crippen LogP contribution >= 0.6 is 0 Å². The standard InChI is InChI=1S/C12H16FNO/c1-8-7-10(13)3-4-11(8)14-12-5-6-15-9(12)2/h3-4,7,9,12,14H,5-6H2,1-2H3. The number of rotatable bonds is 2. The first-order valence-corrected chi connectivity index (χ1v) is 5.31. The quantitative estimate of drug-likeness (QED) is 0.808. The normalized spacial score (nSPS) is 25.5. The summed E-state index contributed by atoms with van der Waals surface area (Å²) < 4.78 is 18.3. The predicted octanol–water partition coefficient (Wildman–Crippen LogP) is 2.72. The minimum absolute atomic E-state index is 0.186. The van der Waals surface area contributed by atoms with Crippen LogP contribution in [0.25, 0.3) is 0 Å². The third-order valence-electron chi connectivity index (χ3n) is 2.91. The maximum absolute atomic E-state index is 12.9. The largest absolute Gasteiger partial charge is 0.379 e. The van der Waals surface area contributed by atoms with Crippen LogP contribution in [0.3, 0.4) is 0 Å². The van der Waals surface area contributed by atoms with Crippen molar-refractivity contribution in [3.8, 4) is 0 Å². The molecule has 1 fully saturated rings. The molecule has 1 saturated heterocycles. The average molecular weight is 209 g/mol. The summed E-state index contributed by atoms with van der Waals surface area (Å²) in [5.74, 6) is -0.186. The van der Waals surface area contributed by atoms with Crippen LogP contribution in [0.5, 0.6) is 0 Å². The highest BCUT2D eigenvalue weighted by Crippen LogP contribution is 2.22. The summed E-state index contributed by atoms with van der Waals surface area (Å²) in [4.78, 5) is 0. The molecule has 1 aliphatic rings. The second kappa shape index (κ2) is 4.19. The van der Waals surface area contributed by atoms with Gasteiger partial charge in [0.2, 0.25) is 0 Å². The van der Waals surface area contributed by atoms with Gasteiger partial charge >= 0.3 is 0 Å². The first kappa shape index (κ1) is 10.4. The van der Waals surface area contributed by atoms with Gasteiger partial charge in [0, 0.05) is 12.3 Å². The SMILES string of the molecule is Cc1cc(F)ccc1NC1CCOC1C. The summed E-state index contributed by atoms with van der Waals surface area (Å²) >= 11 is 0. The Morgan fingerprint density at radius 2 is 2.27 bits per heavy atom. The lowest BCUT2D eigenvalue weighted by atomic mass is 10.1. The van der Waals surface area contributed by atoms with E-state index in [9.17, 15) is 4.39 Å². The number of aryl methyl sites for hydroxylation is 1. The topological polar surface area (TPSA) is 21.3 Å². The monoisotopic (exact) mass is 209 g/mol. The van der Waals surface area contributed by atoms with E-state index in [1.165, 1.54) is 6.07 Å². The van der Waals surface area contributed by atoms with E-state index in [0.29, 0.717) is 6.04 Å². The number of hydrogen-bond acceptors (Lipinski definition) is 2. The van der Waals surface area contributed by atoms with Crippen LogP contribution in [0, 0.1) is 12.7 Å². The van der Waals surface area contributed by atoms with Gasteiger partial charge in [-0.1, -0.05) is 0 Å². The second-order valence-corrected chi connectivity index (χ2v) is 4.07. The fraction of sp³-hybridized carbons (Fsp3) is 0.500. The molecule has 0 aromatic heterocycles. The van der Waals surface area contributed by atoms with E-state index in [4.69, 9.17) is 4.74 Å². The van der Waals surface area contributed by atoms with Crippen molar-refractivity contribution in [1.29, 1.82) is 0 Å². The molecular formula is C12H16FNO. The molecule has 0 radical (unpaired) electrons. The van der Waals surface area contributed by atoms with Crippen molar-refractivity contribution < 1.29 is 9.13 Å². The molecule has 0 bridgehead atoms. The van der Waals surface area contributed by atoms with E-state index in [0.717, 1.165) is 24.3 Å². The minimum atomic E-state index is -0.186. The molecule has 82 valence electrons. The molecule has 0 saturated carbocycles. The zero-order valence-electron chi connectivity index (χ0n) is 9.09. The number of halogens is 1. The van der Waals surface area contributed by atoms with Crippen LogP contribution in [-0.2, 0) is 4.74 Å². The summed E-state index contributed by atoms with van der Waals surface area (Å²) in [5, 5.41) is 3.39. The Morgan fingerprint density at radius 3 is 2.87 bits per heavy atom. The van der Waals surface area contributed by atoms with Crippen molar-refractivity contribution >= 4 is 5.69 Å². The Labute approximate surface area is 89.4 Å². The molecule has 15 heavy (non-hydrogen) atoms. The summed E-state index contributed by atoms with van der Waals surface area (Å²) in [7, 11) is 0. The van der Waals surface area contributed by atoms with E-state index >= 15 is 0 Å². The summed E-state index contributed by atoms with van der Waals surface area (Å²) in [6, 6.07) is 5.16. The lowest BCUT2D eigenvalue weighted by Gasteiger charge is -2.18. The Morgan fingerprint density at radius 1 is 1.47 bits per heavy atom. The van der Waals surface area contributed by atoms with Gasteiger partial charge in [-0.3, -0.25) is 0 Å². The molecule has 0 aliphatic carbocycles. The Balaban J connectivity index is 2.10. The molecule has 1 heterocycles. The second-order valence-electron chi connectivity index (χ2n) is 4.07. The van der Waals surface area contributed by atoms with Crippen LogP contribution in [0.1, 0.15) is 18.9 Å². The molecule has 2 rings (SSSR count). The van der Waals surface area contributed by atoms with Gasteiger partial charge in [-0.25, -0.2) is 4.39 Å². The van der Waals surface area contributed by atoms with Gasteiger partial charge in [-0.2, -0.15) is 0 Å². The van der Waals surface area contributed by atoms with Crippen molar-refractivity contribution in [3.63, 3.8) is 0 Å². The molecule has 1 aliphatic heterocycles. The summed E-state index contributed by atoms with van der Waals surface area (Å²) in [5.41, 5.74) is 1.94. The van der Waals surface area contributed by atoms with Gasteiger partial charge in [0.05, 0.1) is 12.1 Å². The highest BCUT2D eigenvalue weighted by Gasteiger charge is 2.24. The third kappa shape index (κ3) is 2.29. The Hall–Kier alpha value is -1.09. The predicted molar refractivity (Wildman–Crippen MR) is 58.6 cm³/mol. The molecule has 1 aromatic carbocycles. The van der Waals surface area contributed by atoms with Crippen LogP contribution in [0.4, 0.5) is 10.1 Å². The van der Waals surface area contributed by atoms with E-state index in [1.807, 2.05) is 6.92 Å². The lowest BCUT2D eigenvalue weighted by Crippen LogP contribution is -2.26. The number of nitrogens with one attached hydrogen (secondary N) is 1. The van der Waals surface area contributed by atoms with Crippen LogP contribution < -0.4 is 5.32 Å². The van der Waals surface area contributed by atoms with E-state index in [-0.39, 0.29) is 11.9 Å². The number of ether oxygens (including phenoxy) is 1. The van der Waals surface area contributed by atoms with Crippen molar-refractivity contribution in [2.45, 2.75) is 32.4 Å². The molecule has 2 nitrogen and oxygen atoms in total. The van der Waals surface area contributed by atoms with E-state index in [2.05, 4.69) is 12.2 Å². The number of benzene rings is 1. The Bertz CT molecular complexity index is 353. The van der Waals surface area contributed by atoms with E-state index in [1.54, 1.807) is 12.1 Å². The Kier molecular flexibility index (Phi) is 2.91. The fourth-order valence-corrected chi connectivity index (χ4v) is 1.91. The summed E-state index contributed by atoms with van der Waals surface area (Å²) in [6.45, 7) is 4.77. The smallest absolute Gasteiger partial charge is 0.123 e. The van der Waals surface area contributed by atoms with E-state index < -0.39 is 0 Å².